The molecule has 2 rings (SSSR count). The van der Waals surface area contributed by atoms with Crippen LogP contribution < -0.4 is 11.4 Å². The molecule has 0 amide bonds. The zero-order valence-electron chi connectivity index (χ0n) is 7.76. The van der Waals surface area contributed by atoms with Crippen molar-refractivity contribution >= 4 is 17.3 Å². The molecule has 0 bridgehead atoms. The Morgan fingerprint density at radius 2 is 2.06 bits per heavy atom. The van der Waals surface area contributed by atoms with E-state index in [-0.39, 0.29) is 11.6 Å². The van der Waals surface area contributed by atoms with Crippen LogP contribution in [0.25, 0.3) is 5.13 Å². The number of nitrogens with zero attached hydrogens (tertiary/aromatic N) is 2. The molecule has 0 aromatic carbocycles. The summed E-state index contributed by atoms with van der Waals surface area (Å²) in [4.78, 5) is 36.7. The highest BCUT2D eigenvalue weighted by atomic mass is 32.1. The number of rotatable bonds is 3. The van der Waals surface area contributed by atoms with Crippen molar-refractivity contribution in [3.05, 3.63) is 32.0 Å². The Balaban J connectivity index is 2.43. The number of carboxylic acids is 1. The number of carboxylic acid groups (broad SMARTS) is 1. The molecule has 0 aliphatic rings. The fourth-order valence-electron chi connectivity index (χ4n) is 1.12. The molecule has 0 saturated heterocycles. The zero-order chi connectivity index (χ0) is 11.7. The lowest BCUT2D eigenvalue weighted by Crippen LogP contribution is -2.24. The lowest BCUT2D eigenvalue weighted by atomic mass is 10.3. The van der Waals surface area contributed by atoms with Crippen LogP contribution in [0.3, 0.4) is 0 Å². The van der Waals surface area contributed by atoms with E-state index in [1.807, 2.05) is 0 Å². The lowest BCUT2D eigenvalue weighted by molar-refractivity contribution is -0.136. The summed E-state index contributed by atoms with van der Waals surface area (Å²) in [6.07, 6.45) is -0.242. The number of hydrogen-bond acceptors (Lipinski definition) is 5. The van der Waals surface area contributed by atoms with Crippen molar-refractivity contribution in [1.29, 1.82) is 0 Å². The van der Waals surface area contributed by atoms with Gasteiger partial charge >= 0.3 is 17.3 Å². The van der Waals surface area contributed by atoms with Crippen molar-refractivity contribution < 1.29 is 9.90 Å². The van der Waals surface area contributed by atoms with Gasteiger partial charge in [-0.15, -0.1) is 11.3 Å². The van der Waals surface area contributed by atoms with Gasteiger partial charge in [-0.05, 0) is 0 Å². The van der Waals surface area contributed by atoms with Gasteiger partial charge in [-0.25, -0.2) is 24.8 Å². The fourth-order valence-corrected chi connectivity index (χ4v) is 1.94. The van der Waals surface area contributed by atoms with Crippen LogP contribution in [-0.2, 0) is 11.2 Å². The Kier molecular flexibility index (Phi) is 2.44. The average molecular weight is 242 g/mol. The van der Waals surface area contributed by atoms with Gasteiger partial charge in [0.05, 0.1) is 12.1 Å². The molecule has 16 heavy (non-hydrogen) atoms. The standard InChI is InChI=1S/C7H6N4O4S/c12-4(13)1-3-2-16-7(8-3)11-5(14)9-10-6(11)15/h2H,1H2,(H,9,14)(H,10,15)(H,12,13). The number of aromatic nitrogens is 4. The Hall–Kier alpha value is -2.16. The Morgan fingerprint density at radius 1 is 1.44 bits per heavy atom. The molecule has 0 radical (unpaired) electrons. The molecule has 3 N–H and O–H groups in total. The summed E-state index contributed by atoms with van der Waals surface area (Å²) in [5.41, 5.74) is -0.970. The van der Waals surface area contributed by atoms with Gasteiger partial charge in [0.2, 0.25) is 5.13 Å². The minimum absolute atomic E-state index is 0.142. The first-order chi connectivity index (χ1) is 7.58. The maximum absolute atomic E-state index is 11.2. The molecule has 0 unspecified atom stereocenters. The summed E-state index contributed by atoms with van der Waals surface area (Å²) < 4.78 is 0.802. The van der Waals surface area contributed by atoms with E-state index in [2.05, 4.69) is 15.2 Å². The van der Waals surface area contributed by atoms with Crippen molar-refractivity contribution in [2.24, 2.45) is 0 Å². The number of aromatic amines is 2. The third kappa shape index (κ3) is 1.80. The summed E-state index contributed by atoms with van der Waals surface area (Å²) in [6.45, 7) is 0. The Bertz CT molecular complexity index is 606. The third-order valence-corrected chi connectivity index (χ3v) is 2.62. The highest BCUT2D eigenvalue weighted by molar-refractivity contribution is 7.12. The van der Waals surface area contributed by atoms with Crippen LogP contribution in [0.15, 0.2) is 15.0 Å². The number of aliphatic carboxylic acids is 1. The maximum atomic E-state index is 11.2. The molecular weight excluding hydrogens is 236 g/mol. The highest BCUT2D eigenvalue weighted by Crippen LogP contribution is 2.11. The minimum atomic E-state index is -1.02. The predicted octanol–water partition coefficient (Wildman–Crippen LogP) is -1.06. The van der Waals surface area contributed by atoms with Gasteiger partial charge in [-0.3, -0.25) is 4.79 Å². The molecule has 84 valence electrons. The second-order valence-electron chi connectivity index (χ2n) is 2.89. The molecule has 2 aromatic heterocycles. The molecule has 0 aliphatic carbocycles. The lowest BCUT2D eigenvalue weighted by Gasteiger charge is -1.90. The molecule has 0 saturated carbocycles. The average Bonchev–Trinajstić information content (AvgIpc) is 2.73. The molecule has 2 aromatic rings. The quantitative estimate of drug-likeness (QED) is 0.633. The third-order valence-electron chi connectivity index (χ3n) is 1.75. The van der Waals surface area contributed by atoms with Crippen molar-refractivity contribution in [3.8, 4) is 5.13 Å². The maximum Gasteiger partial charge on any atom is 0.350 e. The minimum Gasteiger partial charge on any atom is -0.481 e. The van der Waals surface area contributed by atoms with Gasteiger partial charge in [0, 0.05) is 5.38 Å². The molecule has 0 atom stereocenters. The molecule has 0 fully saturated rings. The summed E-state index contributed by atoms with van der Waals surface area (Å²) in [5.74, 6) is -1.02. The first kappa shape index (κ1) is 10.4. The van der Waals surface area contributed by atoms with E-state index in [9.17, 15) is 14.4 Å². The van der Waals surface area contributed by atoms with Gasteiger partial charge in [-0.1, -0.05) is 0 Å². The van der Waals surface area contributed by atoms with Crippen LogP contribution in [0, 0.1) is 0 Å². The second kappa shape index (κ2) is 3.77. The number of H-pyrrole nitrogens is 2. The summed E-state index contributed by atoms with van der Waals surface area (Å²) in [7, 11) is 0. The number of nitrogens with one attached hydrogen (secondary N) is 2. The van der Waals surface area contributed by atoms with Crippen LogP contribution >= 0.6 is 11.3 Å². The second-order valence-corrected chi connectivity index (χ2v) is 3.72. The van der Waals surface area contributed by atoms with E-state index in [1.54, 1.807) is 0 Å². The van der Waals surface area contributed by atoms with Crippen LogP contribution in [0.5, 0.6) is 0 Å². The van der Waals surface area contributed by atoms with Crippen molar-refractivity contribution in [2.75, 3.05) is 0 Å². The highest BCUT2D eigenvalue weighted by Gasteiger charge is 2.11. The van der Waals surface area contributed by atoms with E-state index in [0.717, 1.165) is 15.9 Å². The van der Waals surface area contributed by atoms with Crippen LogP contribution in [-0.4, -0.2) is 30.8 Å². The van der Waals surface area contributed by atoms with Gasteiger partial charge in [0.25, 0.3) is 0 Å². The molecule has 2 heterocycles. The summed E-state index contributed by atoms with van der Waals surface area (Å²) in [5, 5.41) is 14.4. The van der Waals surface area contributed by atoms with Gasteiger partial charge in [-0.2, -0.15) is 4.57 Å². The van der Waals surface area contributed by atoms with E-state index in [4.69, 9.17) is 5.11 Å². The molecule has 0 aliphatic heterocycles. The van der Waals surface area contributed by atoms with Crippen LogP contribution in [0.1, 0.15) is 5.69 Å². The first-order valence-corrected chi connectivity index (χ1v) is 5.02. The summed E-state index contributed by atoms with van der Waals surface area (Å²) >= 11 is 1.03. The van der Waals surface area contributed by atoms with Crippen molar-refractivity contribution in [1.82, 2.24) is 19.7 Å². The molecule has 0 spiro atoms. The van der Waals surface area contributed by atoms with Gasteiger partial charge in [0.1, 0.15) is 0 Å². The zero-order valence-corrected chi connectivity index (χ0v) is 8.58. The van der Waals surface area contributed by atoms with E-state index >= 15 is 0 Å². The summed E-state index contributed by atoms with van der Waals surface area (Å²) in [6, 6.07) is 0. The number of hydrogen-bond donors (Lipinski definition) is 3. The smallest absolute Gasteiger partial charge is 0.350 e. The Labute approximate surface area is 91.2 Å². The van der Waals surface area contributed by atoms with Crippen molar-refractivity contribution in [3.63, 3.8) is 0 Å². The van der Waals surface area contributed by atoms with Gasteiger partial charge < -0.3 is 5.11 Å². The topological polar surface area (TPSA) is 121 Å². The van der Waals surface area contributed by atoms with Crippen LogP contribution in [0.4, 0.5) is 0 Å². The fraction of sp³-hybridized carbons (Fsp3) is 0.143. The van der Waals surface area contributed by atoms with E-state index in [1.165, 1.54) is 5.38 Å². The number of thiazole rings is 1. The largest absolute Gasteiger partial charge is 0.481 e. The molecule has 9 heteroatoms. The number of carbonyl (C=O) groups is 1. The predicted molar refractivity (Wildman–Crippen MR) is 54.0 cm³/mol. The SMILES string of the molecule is O=C(O)Cc1csc(-n2c(=O)[nH][nH]c2=O)n1. The van der Waals surface area contributed by atoms with Gasteiger partial charge in [0.15, 0.2) is 0 Å². The first-order valence-electron chi connectivity index (χ1n) is 4.14. The van der Waals surface area contributed by atoms with E-state index < -0.39 is 17.3 Å². The monoisotopic (exact) mass is 242 g/mol. The van der Waals surface area contributed by atoms with E-state index in [0.29, 0.717) is 5.69 Å². The molecule has 8 nitrogen and oxygen atoms in total. The van der Waals surface area contributed by atoms with Crippen molar-refractivity contribution in [2.45, 2.75) is 6.42 Å². The Morgan fingerprint density at radius 3 is 2.62 bits per heavy atom. The normalized spacial score (nSPS) is 10.5. The van der Waals surface area contributed by atoms with Crippen LogP contribution in [0.2, 0.25) is 0 Å². The molecular formula is C7H6N4O4S.